The number of benzene rings is 2. The van der Waals surface area contributed by atoms with Crippen molar-refractivity contribution in [3.63, 3.8) is 0 Å². The summed E-state index contributed by atoms with van der Waals surface area (Å²) in [6.07, 6.45) is 3.68. The van der Waals surface area contributed by atoms with Crippen LogP contribution >= 0.6 is 23.2 Å². The summed E-state index contributed by atoms with van der Waals surface area (Å²) < 4.78 is 16.2. The Morgan fingerprint density at radius 1 is 1.03 bits per heavy atom. The molecule has 0 bridgehead atoms. The van der Waals surface area contributed by atoms with Crippen LogP contribution in [0.4, 0.5) is 4.39 Å². The minimum Gasteiger partial charge on any atom is -0.858 e. The zero-order valence-corrected chi connectivity index (χ0v) is 21.9. The molecule has 2 aromatic heterocycles. The van der Waals surface area contributed by atoms with Crippen LogP contribution in [-0.4, -0.2) is 26.5 Å². The third kappa shape index (κ3) is 4.46. The van der Waals surface area contributed by atoms with Crippen molar-refractivity contribution >= 4 is 46.3 Å². The molecule has 0 saturated heterocycles. The zero-order chi connectivity index (χ0) is 27.1. The quantitative estimate of drug-likeness (QED) is 0.261. The fourth-order valence-electron chi connectivity index (χ4n) is 4.41. The number of carbonyl (C=O) groups is 2. The maximum atomic E-state index is 13.9. The number of hydrogen-bond donors (Lipinski definition) is 0. The van der Waals surface area contributed by atoms with Crippen LogP contribution in [0.25, 0.3) is 17.0 Å². The van der Waals surface area contributed by atoms with Gasteiger partial charge in [0.15, 0.2) is 12.4 Å². The van der Waals surface area contributed by atoms with Crippen LogP contribution in [-0.2, 0) is 22.6 Å². The lowest BCUT2D eigenvalue weighted by Gasteiger charge is -2.16. The first-order valence-electron chi connectivity index (χ1n) is 11.8. The average molecular weight is 551 g/mol. The van der Waals surface area contributed by atoms with Gasteiger partial charge in [0.25, 0.3) is 11.6 Å². The van der Waals surface area contributed by atoms with E-state index in [-0.39, 0.29) is 28.4 Å². The molecular weight excluding hydrogens is 530 g/mol. The molecule has 0 aliphatic carbocycles. The van der Waals surface area contributed by atoms with E-state index in [0.717, 1.165) is 15.1 Å². The zero-order valence-electron chi connectivity index (χ0n) is 20.4. The fourth-order valence-corrected chi connectivity index (χ4v) is 4.70. The molecule has 1 aliphatic rings. The summed E-state index contributed by atoms with van der Waals surface area (Å²) in [4.78, 5) is 28.7. The van der Waals surface area contributed by atoms with E-state index in [0.29, 0.717) is 28.4 Å². The van der Waals surface area contributed by atoms with Crippen molar-refractivity contribution in [1.82, 2.24) is 14.7 Å². The summed E-state index contributed by atoms with van der Waals surface area (Å²) in [5.41, 5.74) is 2.18. The summed E-state index contributed by atoms with van der Waals surface area (Å²) in [6, 6.07) is 13.8. The summed E-state index contributed by atoms with van der Waals surface area (Å²) in [5, 5.41) is 18.8. The smallest absolute Gasteiger partial charge is 0.327 e. The van der Waals surface area contributed by atoms with Gasteiger partial charge in [-0.25, -0.2) is 9.07 Å². The summed E-state index contributed by atoms with van der Waals surface area (Å²) in [6.45, 7) is 3.57. The summed E-state index contributed by atoms with van der Waals surface area (Å²) in [5.74, 6) is -2.20. The molecule has 1 aliphatic heterocycles. The molecule has 3 heterocycles. The highest BCUT2D eigenvalue weighted by atomic mass is 35.5. The minimum atomic E-state index is -0.635. The minimum absolute atomic E-state index is 0.0409. The Labute approximate surface area is 228 Å². The van der Waals surface area contributed by atoms with Crippen molar-refractivity contribution in [2.45, 2.75) is 26.8 Å². The van der Waals surface area contributed by atoms with Gasteiger partial charge in [0, 0.05) is 17.2 Å². The first-order chi connectivity index (χ1) is 18.2. The predicted octanol–water partition coefficient (Wildman–Crippen LogP) is 4.49. The van der Waals surface area contributed by atoms with E-state index in [1.165, 1.54) is 30.3 Å². The number of amides is 2. The summed E-state index contributed by atoms with van der Waals surface area (Å²) in [7, 11) is 0. The van der Waals surface area contributed by atoms with E-state index >= 15 is 0 Å². The van der Waals surface area contributed by atoms with E-state index in [1.54, 1.807) is 35.2 Å². The van der Waals surface area contributed by atoms with E-state index in [2.05, 4.69) is 5.10 Å². The molecular formula is C28H21Cl2FN4O3. The number of carbonyl (C=O) groups excluding carboxylic acids is 2. The van der Waals surface area contributed by atoms with Crippen molar-refractivity contribution in [2.24, 2.45) is 0 Å². The van der Waals surface area contributed by atoms with Crippen molar-refractivity contribution in [3.05, 3.63) is 105 Å². The van der Waals surface area contributed by atoms with Crippen molar-refractivity contribution in [2.75, 3.05) is 0 Å². The topological polar surface area (TPSA) is 82.1 Å². The molecule has 10 heteroatoms. The molecule has 0 atom stereocenters. The van der Waals surface area contributed by atoms with Crippen LogP contribution in [0.15, 0.2) is 67.0 Å². The second-order valence-corrected chi connectivity index (χ2v) is 9.64. The molecule has 38 heavy (non-hydrogen) atoms. The van der Waals surface area contributed by atoms with Crippen molar-refractivity contribution in [1.29, 1.82) is 0 Å². The van der Waals surface area contributed by atoms with Crippen LogP contribution in [0.5, 0.6) is 5.88 Å². The Morgan fingerprint density at radius 3 is 2.42 bits per heavy atom. The highest BCUT2D eigenvalue weighted by molar-refractivity contribution is 6.45. The standard InChI is InChI=1S/C28H21Cl2FN4O3/c1-3-22-23(27(37)35(32-22)19-10-11-20(29)21(30)13-19)24-25(33-12-4-5-16(2)14-33)28(38)34(26(24)36)15-17-6-8-18(31)9-7-17/h4-14H,3,15H2,1-2H3. The maximum absolute atomic E-state index is 13.9. The first kappa shape index (κ1) is 25.6. The van der Waals surface area contributed by atoms with Gasteiger partial charge in [-0.2, -0.15) is 9.67 Å². The fraction of sp³-hybridized carbons (Fsp3) is 0.143. The maximum Gasteiger partial charge on any atom is 0.327 e. The van der Waals surface area contributed by atoms with Gasteiger partial charge in [-0.1, -0.05) is 42.3 Å². The Kier molecular flexibility index (Phi) is 6.77. The number of aromatic nitrogens is 3. The van der Waals surface area contributed by atoms with Crippen LogP contribution in [0.3, 0.4) is 0 Å². The molecule has 0 fully saturated rings. The molecule has 0 radical (unpaired) electrons. The summed E-state index contributed by atoms with van der Waals surface area (Å²) >= 11 is 12.2. The van der Waals surface area contributed by atoms with Crippen molar-refractivity contribution < 1.29 is 23.7 Å². The van der Waals surface area contributed by atoms with Gasteiger partial charge in [-0.05, 0) is 61.2 Å². The normalized spacial score (nSPS) is 13.7. The third-order valence-corrected chi connectivity index (χ3v) is 6.99. The largest absolute Gasteiger partial charge is 0.858 e. The molecule has 0 N–H and O–H groups in total. The Balaban J connectivity index is 1.70. The molecule has 192 valence electrons. The van der Waals surface area contributed by atoms with Crippen LogP contribution in [0.1, 0.15) is 29.3 Å². The van der Waals surface area contributed by atoms with Crippen LogP contribution < -0.4 is 9.67 Å². The van der Waals surface area contributed by atoms with E-state index in [9.17, 15) is 19.1 Å². The van der Waals surface area contributed by atoms with Gasteiger partial charge in [-0.3, -0.25) is 14.5 Å². The highest BCUT2D eigenvalue weighted by Gasteiger charge is 2.46. The van der Waals surface area contributed by atoms with Gasteiger partial charge in [0.1, 0.15) is 11.4 Å². The van der Waals surface area contributed by atoms with Gasteiger partial charge in [0.2, 0.25) is 0 Å². The molecule has 5 rings (SSSR count). The number of imide groups is 1. The monoisotopic (exact) mass is 550 g/mol. The lowest BCUT2D eigenvalue weighted by molar-refractivity contribution is -0.577. The Hall–Kier alpha value is -4.01. The van der Waals surface area contributed by atoms with E-state index < -0.39 is 23.5 Å². The van der Waals surface area contributed by atoms with Gasteiger partial charge < -0.3 is 5.11 Å². The van der Waals surface area contributed by atoms with Gasteiger partial charge >= 0.3 is 5.91 Å². The second kappa shape index (κ2) is 10.0. The molecule has 2 aromatic carbocycles. The number of rotatable bonds is 6. The van der Waals surface area contributed by atoms with E-state index in [1.807, 2.05) is 19.9 Å². The average Bonchev–Trinajstić information content (AvgIpc) is 3.34. The molecule has 0 spiro atoms. The number of nitrogens with zero attached hydrogens (tertiary/aromatic N) is 4. The number of aryl methyl sites for hydroxylation is 2. The SMILES string of the molecule is CCc1nn(-c2ccc(Cl)c(Cl)c2)c([O-])c1C1=C([n+]2cccc(C)c2)C(=O)N(Cc2ccc(F)cc2)C1=O. The molecule has 7 nitrogen and oxygen atoms in total. The van der Waals surface area contributed by atoms with Gasteiger partial charge in [-0.15, -0.1) is 0 Å². The van der Waals surface area contributed by atoms with Gasteiger partial charge in [0.05, 0.1) is 28.0 Å². The number of pyridine rings is 1. The van der Waals surface area contributed by atoms with Crippen LogP contribution in [0.2, 0.25) is 10.0 Å². The van der Waals surface area contributed by atoms with Crippen molar-refractivity contribution in [3.8, 4) is 11.6 Å². The molecule has 2 amide bonds. The Morgan fingerprint density at radius 2 is 1.76 bits per heavy atom. The lowest BCUT2D eigenvalue weighted by atomic mass is 10.0. The predicted molar refractivity (Wildman–Crippen MR) is 139 cm³/mol. The lowest BCUT2D eigenvalue weighted by Crippen LogP contribution is -2.39. The highest BCUT2D eigenvalue weighted by Crippen LogP contribution is 2.38. The molecule has 0 unspecified atom stereocenters. The van der Waals surface area contributed by atoms with E-state index in [4.69, 9.17) is 23.2 Å². The Bertz CT molecular complexity index is 1630. The molecule has 4 aromatic rings. The van der Waals surface area contributed by atoms with Crippen LogP contribution in [0, 0.1) is 12.7 Å². The third-order valence-electron chi connectivity index (χ3n) is 6.25. The first-order valence-corrected chi connectivity index (χ1v) is 12.5. The number of hydrogen-bond acceptors (Lipinski definition) is 4. The second-order valence-electron chi connectivity index (χ2n) is 8.83. The number of halogens is 3. The molecule has 0 saturated carbocycles.